The maximum absolute atomic E-state index is 12.3. The summed E-state index contributed by atoms with van der Waals surface area (Å²) in [5.41, 5.74) is 15.9. The van der Waals surface area contributed by atoms with Crippen LogP contribution in [-0.2, 0) is 24.0 Å². The molecule has 172 valence electrons. The van der Waals surface area contributed by atoms with Crippen LogP contribution in [0.25, 0.3) is 0 Å². The molecule has 0 saturated carbocycles. The Morgan fingerprint density at radius 1 is 0.733 bits per heavy atom. The third-order valence-corrected chi connectivity index (χ3v) is 4.10. The van der Waals surface area contributed by atoms with Crippen molar-refractivity contribution in [3.05, 3.63) is 0 Å². The summed E-state index contributed by atoms with van der Waals surface area (Å²) < 4.78 is 0. The van der Waals surface area contributed by atoms with Crippen LogP contribution < -0.4 is 38.5 Å². The highest BCUT2D eigenvalue weighted by molar-refractivity contribution is 5.93. The quantitative estimate of drug-likeness (QED) is 0.126. The molecule has 0 fully saturated rings. The standard InChI is InChI=1S/C18H35N7O5/c1-12(26)24-13(6-2-4-8-19)17(29)23-11-16(28)25-14(7-3-5-9-20)18(30)22-10-15(21)27/h13-14H,2-11,19-20H2,1H3,(H2,21,27)(H,22,30)(H,23,29)(H,24,26)(H,25,28). The van der Waals surface area contributed by atoms with Gasteiger partial charge in [0.2, 0.25) is 29.5 Å². The van der Waals surface area contributed by atoms with Crippen molar-refractivity contribution in [1.82, 2.24) is 21.3 Å². The SMILES string of the molecule is CC(=O)NC(CCCCN)C(=O)NCC(=O)NC(CCCCN)C(=O)NCC(N)=O. The number of nitrogens with one attached hydrogen (secondary N) is 4. The first-order valence-corrected chi connectivity index (χ1v) is 10.0. The van der Waals surface area contributed by atoms with Gasteiger partial charge in [-0.05, 0) is 51.6 Å². The van der Waals surface area contributed by atoms with Crippen LogP contribution >= 0.6 is 0 Å². The van der Waals surface area contributed by atoms with Gasteiger partial charge in [0.25, 0.3) is 0 Å². The van der Waals surface area contributed by atoms with Crippen LogP contribution in [0.4, 0.5) is 0 Å². The van der Waals surface area contributed by atoms with Gasteiger partial charge in [0.05, 0.1) is 13.1 Å². The fourth-order valence-corrected chi connectivity index (χ4v) is 2.60. The number of nitrogens with two attached hydrogens (primary N) is 3. The highest BCUT2D eigenvalue weighted by atomic mass is 16.2. The van der Waals surface area contributed by atoms with Crippen molar-refractivity contribution in [3.8, 4) is 0 Å². The zero-order chi connectivity index (χ0) is 22.9. The monoisotopic (exact) mass is 429 g/mol. The molecule has 10 N–H and O–H groups in total. The van der Waals surface area contributed by atoms with E-state index >= 15 is 0 Å². The molecule has 5 amide bonds. The lowest BCUT2D eigenvalue weighted by Crippen LogP contribution is -2.52. The van der Waals surface area contributed by atoms with E-state index in [1.165, 1.54) is 6.92 Å². The van der Waals surface area contributed by atoms with Gasteiger partial charge in [-0.2, -0.15) is 0 Å². The number of rotatable bonds is 16. The van der Waals surface area contributed by atoms with Crippen molar-refractivity contribution in [2.45, 2.75) is 57.5 Å². The Hall–Kier alpha value is -2.73. The first kappa shape index (κ1) is 27.3. The number of amides is 5. The van der Waals surface area contributed by atoms with Crippen molar-refractivity contribution in [2.75, 3.05) is 26.2 Å². The third kappa shape index (κ3) is 13.4. The summed E-state index contributed by atoms with van der Waals surface area (Å²) in [4.78, 5) is 58.8. The predicted octanol–water partition coefficient (Wildman–Crippen LogP) is -3.05. The van der Waals surface area contributed by atoms with Gasteiger partial charge in [-0.25, -0.2) is 0 Å². The Labute approximate surface area is 176 Å². The molecular formula is C18H35N7O5. The highest BCUT2D eigenvalue weighted by Gasteiger charge is 2.23. The average Bonchev–Trinajstić information content (AvgIpc) is 2.68. The van der Waals surface area contributed by atoms with Gasteiger partial charge in [0.1, 0.15) is 12.1 Å². The Morgan fingerprint density at radius 2 is 1.20 bits per heavy atom. The fourth-order valence-electron chi connectivity index (χ4n) is 2.60. The van der Waals surface area contributed by atoms with Gasteiger partial charge in [-0.15, -0.1) is 0 Å². The van der Waals surface area contributed by atoms with Crippen LogP contribution in [0.5, 0.6) is 0 Å². The zero-order valence-corrected chi connectivity index (χ0v) is 17.5. The van der Waals surface area contributed by atoms with E-state index in [0.717, 1.165) is 0 Å². The molecule has 12 heteroatoms. The van der Waals surface area contributed by atoms with Gasteiger partial charge in [-0.3, -0.25) is 24.0 Å². The van der Waals surface area contributed by atoms with Crippen molar-refractivity contribution >= 4 is 29.5 Å². The van der Waals surface area contributed by atoms with Crippen LogP contribution in [0.15, 0.2) is 0 Å². The second-order valence-electron chi connectivity index (χ2n) is 6.84. The van der Waals surface area contributed by atoms with Gasteiger partial charge < -0.3 is 38.5 Å². The van der Waals surface area contributed by atoms with Gasteiger partial charge >= 0.3 is 0 Å². The molecular weight excluding hydrogens is 394 g/mol. The molecule has 0 aromatic heterocycles. The molecule has 2 unspecified atom stereocenters. The second kappa shape index (κ2) is 16.1. The Balaban J connectivity index is 4.73. The van der Waals surface area contributed by atoms with Gasteiger partial charge in [-0.1, -0.05) is 0 Å². The molecule has 0 bridgehead atoms. The van der Waals surface area contributed by atoms with Crippen molar-refractivity contribution < 1.29 is 24.0 Å². The molecule has 0 rings (SSSR count). The van der Waals surface area contributed by atoms with Gasteiger partial charge in [0, 0.05) is 6.92 Å². The predicted molar refractivity (Wildman–Crippen MR) is 111 cm³/mol. The highest BCUT2D eigenvalue weighted by Crippen LogP contribution is 2.02. The minimum atomic E-state index is -0.893. The van der Waals surface area contributed by atoms with E-state index < -0.39 is 35.7 Å². The van der Waals surface area contributed by atoms with Crippen LogP contribution in [0.3, 0.4) is 0 Å². The molecule has 0 aliphatic heterocycles. The molecule has 30 heavy (non-hydrogen) atoms. The maximum Gasteiger partial charge on any atom is 0.243 e. The van der Waals surface area contributed by atoms with E-state index in [-0.39, 0.29) is 19.0 Å². The smallest absolute Gasteiger partial charge is 0.243 e. The van der Waals surface area contributed by atoms with Crippen molar-refractivity contribution in [3.63, 3.8) is 0 Å². The molecule has 0 radical (unpaired) electrons. The second-order valence-corrected chi connectivity index (χ2v) is 6.84. The Bertz CT molecular complexity index is 585. The Kier molecular flexibility index (Phi) is 14.6. The molecule has 12 nitrogen and oxygen atoms in total. The molecule has 2 atom stereocenters. The Morgan fingerprint density at radius 3 is 1.63 bits per heavy atom. The number of carbonyl (C=O) groups excluding carboxylic acids is 5. The number of hydrogen-bond donors (Lipinski definition) is 7. The summed E-state index contributed by atoms with van der Waals surface area (Å²) in [6.45, 7) is 1.49. The summed E-state index contributed by atoms with van der Waals surface area (Å²) in [6, 6.07) is -1.67. The normalized spacial score (nSPS) is 12.4. The van der Waals surface area contributed by atoms with E-state index in [9.17, 15) is 24.0 Å². The average molecular weight is 430 g/mol. The minimum absolute atomic E-state index is 0.315. The summed E-state index contributed by atoms with van der Waals surface area (Å²) in [7, 11) is 0. The molecule has 0 aliphatic rings. The molecule has 0 spiro atoms. The van der Waals surface area contributed by atoms with E-state index in [0.29, 0.717) is 51.6 Å². The van der Waals surface area contributed by atoms with E-state index in [1.54, 1.807) is 0 Å². The summed E-state index contributed by atoms with van der Waals surface area (Å²) in [5, 5.41) is 9.86. The number of hydrogen-bond acceptors (Lipinski definition) is 7. The van der Waals surface area contributed by atoms with Crippen LogP contribution in [0.2, 0.25) is 0 Å². The summed E-state index contributed by atoms with van der Waals surface area (Å²) >= 11 is 0. The lowest BCUT2D eigenvalue weighted by atomic mass is 10.1. The zero-order valence-electron chi connectivity index (χ0n) is 17.5. The molecule has 0 aromatic rings. The molecule has 0 aromatic carbocycles. The minimum Gasteiger partial charge on any atom is -0.368 e. The lowest BCUT2D eigenvalue weighted by Gasteiger charge is -2.20. The van der Waals surface area contributed by atoms with Crippen molar-refractivity contribution in [1.29, 1.82) is 0 Å². The summed E-state index contributed by atoms with van der Waals surface area (Å²) in [5.74, 6) is -2.71. The van der Waals surface area contributed by atoms with Crippen LogP contribution in [0, 0.1) is 0 Å². The largest absolute Gasteiger partial charge is 0.368 e. The maximum atomic E-state index is 12.3. The lowest BCUT2D eigenvalue weighted by molar-refractivity contribution is -0.131. The number of carbonyl (C=O) groups is 5. The number of unbranched alkanes of at least 4 members (excludes halogenated alkanes) is 2. The van der Waals surface area contributed by atoms with E-state index in [4.69, 9.17) is 17.2 Å². The molecule has 0 heterocycles. The van der Waals surface area contributed by atoms with E-state index in [2.05, 4.69) is 21.3 Å². The molecule has 0 saturated heterocycles. The molecule has 0 aliphatic carbocycles. The summed E-state index contributed by atoms with van der Waals surface area (Å²) in [6.07, 6.45) is 3.30. The van der Waals surface area contributed by atoms with Crippen molar-refractivity contribution in [2.24, 2.45) is 17.2 Å². The number of primary amides is 1. The van der Waals surface area contributed by atoms with Crippen LogP contribution in [0.1, 0.15) is 45.4 Å². The first-order chi connectivity index (χ1) is 14.2. The van der Waals surface area contributed by atoms with E-state index in [1.807, 2.05) is 0 Å². The third-order valence-electron chi connectivity index (χ3n) is 4.10. The van der Waals surface area contributed by atoms with Crippen LogP contribution in [-0.4, -0.2) is 67.8 Å². The first-order valence-electron chi connectivity index (χ1n) is 10.0. The fraction of sp³-hybridized carbons (Fsp3) is 0.722. The topological polar surface area (TPSA) is 212 Å². The van der Waals surface area contributed by atoms with Gasteiger partial charge in [0.15, 0.2) is 0 Å².